The van der Waals surface area contributed by atoms with E-state index in [0.717, 1.165) is 11.3 Å². The fourth-order valence-corrected chi connectivity index (χ4v) is 1.24. The van der Waals surface area contributed by atoms with Crippen molar-refractivity contribution in [3.63, 3.8) is 0 Å². The van der Waals surface area contributed by atoms with Crippen LogP contribution in [0.2, 0.25) is 0 Å². The number of nitrogens with zero attached hydrogens (tertiary/aromatic N) is 1. The summed E-state index contributed by atoms with van der Waals surface area (Å²) >= 11 is 0. The number of carbonyl (C=O) groups excluding carboxylic acids is 1. The zero-order valence-electron chi connectivity index (χ0n) is 10.2. The van der Waals surface area contributed by atoms with E-state index in [2.05, 4.69) is 5.16 Å². The molecule has 0 aliphatic carbocycles. The van der Waals surface area contributed by atoms with E-state index in [0.29, 0.717) is 6.61 Å². The van der Waals surface area contributed by atoms with Crippen LogP contribution in [0.3, 0.4) is 0 Å². The van der Waals surface area contributed by atoms with Gasteiger partial charge >= 0.3 is 5.97 Å². The number of benzene rings is 1. The molecular weight excluding hydrogens is 218 g/mol. The highest BCUT2D eigenvalue weighted by Gasteiger charge is 2.01. The molecule has 0 aliphatic rings. The summed E-state index contributed by atoms with van der Waals surface area (Å²) in [7, 11) is 0. The summed E-state index contributed by atoms with van der Waals surface area (Å²) in [5.41, 5.74) is 1.79. The van der Waals surface area contributed by atoms with Gasteiger partial charge in [0.1, 0.15) is 6.61 Å². The van der Waals surface area contributed by atoms with Gasteiger partial charge in [0.15, 0.2) is 0 Å². The third-order valence-electron chi connectivity index (χ3n) is 2.10. The van der Waals surface area contributed by atoms with Gasteiger partial charge in [-0.05, 0) is 19.4 Å². The smallest absolute Gasteiger partial charge is 0.309 e. The van der Waals surface area contributed by atoms with Gasteiger partial charge in [-0.3, -0.25) is 4.79 Å². The number of rotatable bonds is 6. The molecule has 0 aromatic heterocycles. The zero-order chi connectivity index (χ0) is 12.5. The molecule has 17 heavy (non-hydrogen) atoms. The third kappa shape index (κ3) is 5.15. The molecule has 0 heterocycles. The molecular formula is C13H17NO3. The molecule has 0 atom stereocenters. The van der Waals surface area contributed by atoms with E-state index >= 15 is 0 Å². The first kappa shape index (κ1) is 13.2. The van der Waals surface area contributed by atoms with Crippen LogP contribution in [0.15, 0.2) is 35.5 Å². The Labute approximate surface area is 101 Å². The predicted molar refractivity (Wildman–Crippen MR) is 65.9 cm³/mol. The van der Waals surface area contributed by atoms with Crippen LogP contribution in [-0.4, -0.2) is 24.9 Å². The van der Waals surface area contributed by atoms with Crippen LogP contribution >= 0.6 is 0 Å². The van der Waals surface area contributed by atoms with Crippen LogP contribution < -0.4 is 0 Å². The Morgan fingerprint density at radius 3 is 2.65 bits per heavy atom. The van der Waals surface area contributed by atoms with Crippen molar-refractivity contribution in [1.82, 2.24) is 0 Å². The van der Waals surface area contributed by atoms with Crippen LogP contribution in [0.5, 0.6) is 0 Å². The van der Waals surface area contributed by atoms with Crippen molar-refractivity contribution in [2.75, 3.05) is 13.2 Å². The van der Waals surface area contributed by atoms with Crippen molar-refractivity contribution in [3.8, 4) is 0 Å². The quantitative estimate of drug-likeness (QED) is 0.329. The van der Waals surface area contributed by atoms with Gasteiger partial charge in [0, 0.05) is 0 Å². The van der Waals surface area contributed by atoms with Gasteiger partial charge in [-0.15, -0.1) is 0 Å². The molecule has 0 bridgehead atoms. The maximum Gasteiger partial charge on any atom is 0.309 e. The minimum absolute atomic E-state index is 0.222. The number of hydrogen-bond donors (Lipinski definition) is 0. The molecule has 92 valence electrons. The molecule has 1 aromatic carbocycles. The summed E-state index contributed by atoms with van der Waals surface area (Å²) in [6.07, 6.45) is 0.222. The zero-order valence-corrected chi connectivity index (χ0v) is 10.2. The number of esters is 1. The number of oxime groups is 1. The van der Waals surface area contributed by atoms with E-state index in [4.69, 9.17) is 9.57 Å². The summed E-state index contributed by atoms with van der Waals surface area (Å²) in [5.74, 6) is -0.264. The Balaban J connectivity index is 2.32. The van der Waals surface area contributed by atoms with Crippen LogP contribution in [0.4, 0.5) is 0 Å². The Bertz CT molecular complexity index is 374. The van der Waals surface area contributed by atoms with E-state index < -0.39 is 0 Å². The fourth-order valence-electron chi connectivity index (χ4n) is 1.24. The van der Waals surface area contributed by atoms with E-state index in [1.807, 2.05) is 37.3 Å². The molecule has 0 saturated carbocycles. The molecule has 0 N–H and O–H groups in total. The van der Waals surface area contributed by atoms with E-state index in [1.165, 1.54) is 0 Å². The van der Waals surface area contributed by atoms with Gasteiger partial charge in [-0.25, -0.2) is 0 Å². The summed E-state index contributed by atoms with van der Waals surface area (Å²) in [4.78, 5) is 16.1. The van der Waals surface area contributed by atoms with Crippen molar-refractivity contribution < 1.29 is 14.4 Å². The van der Waals surface area contributed by atoms with Gasteiger partial charge in [0.05, 0.1) is 18.7 Å². The first-order valence-electron chi connectivity index (χ1n) is 5.61. The lowest BCUT2D eigenvalue weighted by molar-refractivity contribution is -0.144. The van der Waals surface area contributed by atoms with Crippen molar-refractivity contribution in [1.29, 1.82) is 0 Å². The second kappa shape index (κ2) is 7.44. The van der Waals surface area contributed by atoms with Crippen molar-refractivity contribution >= 4 is 11.7 Å². The van der Waals surface area contributed by atoms with E-state index in [-0.39, 0.29) is 19.0 Å². The first-order valence-corrected chi connectivity index (χ1v) is 5.61. The molecule has 4 heteroatoms. The maximum absolute atomic E-state index is 11.0. The first-order chi connectivity index (χ1) is 8.24. The van der Waals surface area contributed by atoms with E-state index in [1.54, 1.807) is 6.92 Å². The molecule has 1 aromatic rings. The van der Waals surface area contributed by atoms with Crippen molar-refractivity contribution in [3.05, 3.63) is 35.9 Å². The Morgan fingerprint density at radius 2 is 2.00 bits per heavy atom. The second-order valence-electron chi connectivity index (χ2n) is 3.43. The van der Waals surface area contributed by atoms with Gasteiger partial charge in [0.25, 0.3) is 0 Å². The average Bonchev–Trinajstić information content (AvgIpc) is 2.36. The van der Waals surface area contributed by atoms with Crippen molar-refractivity contribution in [2.45, 2.75) is 20.3 Å². The minimum Gasteiger partial charge on any atom is -0.466 e. The Morgan fingerprint density at radius 1 is 1.29 bits per heavy atom. The minimum atomic E-state index is -0.264. The van der Waals surface area contributed by atoms with E-state index in [9.17, 15) is 4.79 Å². The number of hydrogen-bond acceptors (Lipinski definition) is 4. The summed E-state index contributed by atoms with van der Waals surface area (Å²) in [5, 5.41) is 3.94. The largest absolute Gasteiger partial charge is 0.466 e. The molecule has 4 nitrogen and oxygen atoms in total. The Kier molecular flexibility index (Phi) is 5.79. The van der Waals surface area contributed by atoms with Gasteiger partial charge in [-0.1, -0.05) is 35.5 Å². The molecule has 0 aliphatic heterocycles. The molecule has 0 fully saturated rings. The fraction of sp³-hybridized carbons (Fsp3) is 0.385. The van der Waals surface area contributed by atoms with Crippen LogP contribution in [0.25, 0.3) is 0 Å². The lowest BCUT2D eigenvalue weighted by Gasteiger charge is -2.02. The highest BCUT2D eigenvalue weighted by molar-refractivity contribution is 5.98. The molecule has 0 spiro atoms. The summed E-state index contributed by atoms with van der Waals surface area (Å²) in [6, 6.07) is 9.72. The molecule has 0 saturated heterocycles. The molecule has 0 radical (unpaired) electrons. The lowest BCUT2D eigenvalue weighted by atomic mass is 10.1. The Hall–Kier alpha value is -1.84. The second-order valence-corrected chi connectivity index (χ2v) is 3.43. The van der Waals surface area contributed by atoms with Crippen molar-refractivity contribution in [2.24, 2.45) is 5.16 Å². The van der Waals surface area contributed by atoms with Crippen LogP contribution in [0.1, 0.15) is 25.8 Å². The number of ether oxygens (including phenoxy) is 1. The topological polar surface area (TPSA) is 47.9 Å². The SMILES string of the molecule is CCOC(=O)CCO/N=C(/C)c1ccccc1. The highest BCUT2D eigenvalue weighted by Crippen LogP contribution is 2.01. The van der Waals surface area contributed by atoms with Gasteiger partial charge in [0.2, 0.25) is 0 Å². The third-order valence-corrected chi connectivity index (χ3v) is 2.10. The summed E-state index contributed by atoms with van der Waals surface area (Å²) < 4.78 is 4.77. The normalized spacial score (nSPS) is 11.1. The predicted octanol–water partition coefficient (Wildman–Crippen LogP) is 2.38. The lowest BCUT2D eigenvalue weighted by Crippen LogP contribution is -2.07. The van der Waals surface area contributed by atoms with Gasteiger partial charge in [-0.2, -0.15) is 0 Å². The van der Waals surface area contributed by atoms with Crippen LogP contribution in [-0.2, 0) is 14.4 Å². The van der Waals surface area contributed by atoms with Gasteiger partial charge < -0.3 is 9.57 Å². The standard InChI is InChI=1S/C13H17NO3/c1-3-16-13(15)9-10-17-14-11(2)12-7-5-4-6-8-12/h4-8H,3,9-10H2,1-2H3/b14-11-. The maximum atomic E-state index is 11.0. The average molecular weight is 235 g/mol. The molecule has 1 rings (SSSR count). The number of carbonyl (C=O) groups is 1. The summed E-state index contributed by atoms with van der Waals surface area (Å²) in [6.45, 7) is 4.27. The highest BCUT2D eigenvalue weighted by atomic mass is 16.6. The monoisotopic (exact) mass is 235 g/mol. The molecule has 0 unspecified atom stereocenters. The molecule has 0 amide bonds. The van der Waals surface area contributed by atoms with Crippen LogP contribution in [0, 0.1) is 0 Å².